The van der Waals surface area contributed by atoms with Gasteiger partial charge >= 0.3 is 0 Å². The lowest BCUT2D eigenvalue weighted by molar-refractivity contribution is 1.02. The Kier molecular flexibility index (Phi) is 9.13. The molecule has 11 aromatic rings. The molecule has 2 aromatic heterocycles. The Hall–Kier alpha value is -7.10. The first-order chi connectivity index (χ1) is 30.7. The van der Waals surface area contributed by atoms with Crippen molar-refractivity contribution in [1.82, 2.24) is 0 Å². The molecular weight excluding hydrogens is 785 g/mol. The Morgan fingerprint density at radius 2 is 0.726 bits per heavy atom. The summed E-state index contributed by atoms with van der Waals surface area (Å²) in [4.78, 5) is 1.50. The van der Waals surface area contributed by atoms with Crippen LogP contribution in [0.1, 0.15) is 16.9 Å². The minimum Gasteiger partial charge on any atom is -0.139 e. The van der Waals surface area contributed by atoms with E-state index in [-0.39, 0.29) is 0 Å². The highest BCUT2D eigenvalue weighted by molar-refractivity contribution is 7.26. The molecule has 0 saturated carbocycles. The van der Waals surface area contributed by atoms with Crippen molar-refractivity contribution in [2.24, 2.45) is 0 Å². The molecule has 0 nitrogen and oxygen atoms in total. The molecule has 0 spiro atoms. The van der Waals surface area contributed by atoms with Gasteiger partial charge in [-0.3, -0.25) is 0 Å². The Morgan fingerprint density at radius 1 is 0.306 bits per heavy atom. The summed E-state index contributed by atoms with van der Waals surface area (Å²) in [5.74, 6) is 0. The highest BCUT2D eigenvalue weighted by Gasteiger charge is 2.18. The van der Waals surface area contributed by atoms with Gasteiger partial charge in [-0.1, -0.05) is 164 Å². The highest BCUT2D eigenvalue weighted by atomic mass is 32.1. The van der Waals surface area contributed by atoms with Gasteiger partial charge in [0.2, 0.25) is 0 Å². The molecule has 9 aromatic carbocycles. The molecule has 2 heteroatoms. The topological polar surface area (TPSA) is 0 Å². The number of thiophene rings is 2. The number of rotatable bonds is 7. The molecule has 0 atom stereocenters. The fourth-order valence-electron chi connectivity index (χ4n) is 9.42. The van der Waals surface area contributed by atoms with Gasteiger partial charge in [-0.25, -0.2) is 0 Å². The molecule has 0 fully saturated rings. The molecule has 0 bridgehead atoms. The van der Waals surface area contributed by atoms with Gasteiger partial charge in [-0.05, 0) is 151 Å². The molecule has 0 N–H and O–H groups in total. The highest BCUT2D eigenvalue weighted by Crippen LogP contribution is 2.44. The van der Waals surface area contributed by atoms with Gasteiger partial charge in [0.05, 0.1) is 0 Å². The first-order valence-corrected chi connectivity index (χ1v) is 23.1. The van der Waals surface area contributed by atoms with E-state index < -0.39 is 0 Å². The number of hydrogen-bond donors (Lipinski definition) is 0. The number of aryl methyl sites for hydroxylation is 1. The fourth-order valence-corrected chi connectivity index (χ4v) is 12.0. The van der Waals surface area contributed by atoms with Crippen LogP contribution in [0.5, 0.6) is 0 Å². The minimum atomic E-state index is 1.12. The second-order valence-corrected chi connectivity index (χ2v) is 18.5. The molecule has 2 heterocycles. The van der Waals surface area contributed by atoms with Crippen LogP contribution in [0.15, 0.2) is 212 Å². The monoisotopic (exact) mass is 824 g/mol. The van der Waals surface area contributed by atoms with E-state index in [0.717, 1.165) is 12.8 Å². The molecular formula is C60H40S2. The molecule has 62 heavy (non-hydrogen) atoms. The molecule has 292 valence electrons. The van der Waals surface area contributed by atoms with E-state index in [9.17, 15) is 0 Å². The summed E-state index contributed by atoms with van der Waals surface area (Å²) in [6.45, 7) is 0. The third kappa shape index (κ3) is 6.60. The number of benzene rings is 9. The molecule has 12 rings (SSSR count). The third-order valence-corrected chi connectivity index (χ3v) is 15.0. The predicted octanol–water partition coefficient (Wildman–Crippen LogP) is 17.9. The standard InChI is InChI=1S/C60H40S2/c1-3-15-39(16-4-1)45-33-47(41-19-11-21-43(31-41)51-25-13-27-55-53-23-7-9-29-57(53)61-59(51)55)37-49(35-45)50-36-46(40-17-5-2-6-18-40)34-48(38-50)42-20-12-22-44(32-42)52-26-14-28-56-54-24-8-10-30-58(54)62-60(52)56/h1-9,11-29,31-38H,10,30H2. The summed E-state index contributed by atoms with van der Waals surface area (Å²) >= 11 is 3.86. The van der Waals surface area contributed by atoms with Crippen molar-refractivity contribution >= 4 is 59.0 Å². The zero-order chi connectivity index (χ0) is 41.0. The molecule has 0 saturated heterocycles. The zero-order valence-electron chi connectivity index (χ0n) is 34.0. The van der Waals surface area contributed by atoms with Crippen LogP contribution >= 0.6 is 22.7 Å². The van der Waals surface area contributed by atoms with E-state index in [2.05, 4.69) is 218 Å². The van der Waals surface area contributed by atoms with E-state index in [1.807, 2.05) is 22.7 Å². The maximum atomic E-state index is 2.40. The average Bonchev–Trinajstić information content (AvgIpc) is 3.93. The Labute approximate surface area is 370 Å². The van der Waals surface area contributed by atoms with Crippen LogP contribution in [0.3, 0.4) is 0 Å². The van der Waals surface area contributed by atoms with Crippen LogP contribution in [0.25, 0.3) is 114 Å². The zero-order valence-corrected chi connectivity index (χ0v) is 35.6. The molecule has 0 unspecified atom stereocenters. The lowest BCUT2D eigenvalue weighted by Gasteiger charge is -2.15. The quantitative estimate of drug-likeness (QED) is 0.150. The molecule has 1 aliphatic rings. The van der Waals surface area contributed by atoms with E-state index in [1.54, 1.807) is 0 Å². The van der Waals surface area contributed by atoms with E-state index in [0.29, 0.717) is 0 Å². The van der Waals surface area contributed by atoms with Crippen molar-refractivity contribution in [3.8, 4) is 77.9 Å². The molecule has 1 aliphatic carbocycles. The van der Waals surface area contributed by atoms with Crippen LogP contribution in [0.2, 0.25) is 0 Å². The Balaban J connectivity index is 1.01. The maximum absolute atomic E-state index is 2.40. The SMILES string of the molecule is C1=Cc2c(sc3c(-c4cccc(-c5cc(-c6ccccc6)cc(-c6cc(-c7ccccc7)cc(-c7cccc(-c8cccc9c8sc8ccccc89)c7)c6)c5)c4)cccc23)CC1. The van der Waals surface area contributed by atoms with Gasteiger partial charge in [0.25, 0.3) is 0 Å². The molecule has 0 radical (unpaired) electrons. The number of fused-ring (bicyclic) bond motifs is 6. The van der Waals surface area contributed by atoms with Gasteiger partial charge in [0, 0.05) is 35.1 Å². The van der Waals surface area contributed by atoms with E-state index in [4.69, 9.17) is 0 Å². The van der Waals surface area contributed by atoms with Crippen LogP contribution in [0.4, 0.5) is 0 Å². The fraction of sp³-hybridized carbons (Fsp3) is 0.0333. The second-order valence-electron chi connectivity index (χ2n) is 16.3. The predicted molar refractivity (Wildman–Crippen MR) is 270 cm³/mol. The second kappa shape index (κ2) is 15.4. The molecule has 0 aliphatic heterocycles. The number of allylic oxidation sites excluding steroid dienone is 1. The lowest BCUT2D eigenvalue weighted by atomic mass is 9.89. The van der Waals surface area contributed by atoms with Crippen LogP contribution in [-0.2, 0) is 6.42 Å². The Morgan fingerprint density at radius 3 is 1.32 bits per heavy atom. The lowest BCUT2D eigenvalue weighted by Crippen LogP contribution is -1.90. The van der Waals surface area contributed by atoms with Crippen molar-refractivity contribution in [3.05, 3.63) is 223 Å². The van der Waals surface area contributed by atoms with Crippen molar-refractivity contribution < 1.29 is 0 Å². The summed E-state index contributed by atoms with van der Waals surface area (Å²) in [5.41, 5.74) is 18.5. The van der Waals surface area contributed by atoms with E-state index in [1.165, 1.54) is 119 Å². The Bertz CT molecular complexity index is 3510. The van der Waals surface area contributed by atoms with Gasteiger partial charge in [0.1, 0.15) is 0 Å². The summed E-state index contributed by atoms with van der Waals surface area (Å²) in [6.07, 6.45) is 6.90. The van der Waals surface area contributed by atoms with Crippen LogP contribution in [0, 0.1) is 0 Å². The molecule has 0 amide bonds. The smallest absolute Gasteiger partial charge is 0.0433 e. The van der Waals surface area contributed by atoms with Crippen molar-refractivity contribution in [2.45, 2.75) is 12.8 Å². The van der Waals surface area contributed by atoms with E-state index >= 15 is 0 Å². The minimum absolute atomic E-state index is 1.12. The van der Waals surface area contributed by atoms with Crippen molar-refractivity contribution in [1.29, 1.82) is 0 Å². The summed E-state index contributed by atoms with van der Waals surface area (Å²) in [5, 5.41) is 4.01. The van der Waals surface area contributed by atoms with Gasteiger partial charge in [-0.15, -0.1) is 22.7 Å². The summed E-state index contributed by atoms with van der Waals surface area (Å²) in [6, 6.07) is 76.5. The van der Waals surface area contributed by atoms with Crippen LogP contribution in [-0.4, -0.2) is 0 Å². The van der Waals surface area contributed by atoms with Gasteiger partial charge in [0.15, 0.2) is 0 Å². The summed E-state index contributed by atoms with van der Waals surface area (Å²) in [7, 11) is 0. The summed E-state index contributed by atoms with van der Waals surface area (Å²) < 4.78 is 4.04. The maximum Gasteiger partial charge on any atom is 0.0433 e. The van der Waals surface area contributed by atoms with Crippen molar-refractivity contribution in [2.75, 3.05) is 0 Å². The normalized spacial score (nSPS) is 12.3. The average molecular weight is 825 g/mol. The first-order valence-electron chi connectivity index (χ1n) is 21.4. The van der Waals surface area contributed by atoms with Gasteiger partial charge in [-0.2, -0.15) is 0 Å². The largest absolute Gasteiger partial charge is 0.139 e. The van der Waals surface area contributed by atoms with Crippen molar-refractivity contribution in [3.63, 3.8) is 0 Å². The third-order valence-electron chi connectivity index (χ3n) is 12.5. The van der Waals surface area contributed by atoms with Gasteiger partial charge < -0.3 is 0 Å². The first kappa shape index (κ1) is 36.7. The number of hydrogen-bond acceptors (Lipinski definition) is 2. The van der Waals surface area contributed by atoms with Crippen LogP contribution < -0.4 is 0 Å².